The molecule has 0 aliphatic carbocycles. The van der Waals surface area contributed by atoms with Crippen LogP contribution in [0.4, 0.5) is 10.1 Å². The van der Waals surface area contributed by atoms with Gasteiger partial charge in [0.1, 0.15) is 11.5 Å². The molecule has 1 heterocycles. The fourth-order valence-electron chi connectivity index (χ4n) is 1.59. The quantitative estimate of drug-likeness (QED) is 0.860. The molecule has 0 atom stereocenters. The monoisotopic (exact) mass is 249 g/mol. The molecule has 1 aromatic carbocycles. The van der Waals surface area contributed by atoms with Crippen molar-refractivity contribution < 1.29 is 14.0 Å². The van der Waals surface area contributed by atoms with Gasteiger partial charge in [0.15, 0.2) is 0 Å². The maximum absolute atomic E-state index is 13.3. The Bertz CT molecular complexity index is 528. The normalized spacial score (nSPS) is 15.3. The lowest BCUT2D eigenvalue weighted by Crippen LogP contribution is -2.34. The van der Waals surface area contributed by atoms with E-state index in [0.29, 0.717) is 0 Å². The van der Waals surface area contributed by atoms with Gasteiger partial charge in [0.25, 0.3) is 5.91 Å². The van der Waals surface area contributed by atoms with Crippen LogP contribution in [0.1, 0.15) is 12.8 Å². The molecular formula is C12H12FN3O2. The van der Waals surface area contributed by atoms with E-state index in [1.54, 1.807) is 6.07 Å². The Labute approximate surface area is 103 Å². The van der Waals surface area contributed by atoms with E-state index >= 15 is 0 Å². The molecular weight excluding hydrogens is 237 g/mol. The Morgan fingerprint density at radius 2 is 2.11 bits per heavy atom. The fraction of sp³-hybridized carbons (Fsp3) is 0.250. The van der Waals surface area contributed by atoms with Crippen molar-refractivity contribution in [3.63, 3.8) is 0 Å². The van der Waals surface area contributed by atoms with E-state index in [1.807, 2.05) is 0 Å². The van der Waals surface area contributed by atoms with Crippen molar-refractivity contribution in [1.82, 2.24) is 5.01 Å². The summed E-state index contributed by atoms with van der Waals surface area (Å²) in [5, 5.41) is 7.41. The van der Waals surface area contributed by atoms with Crippen molar-refractivity contribution in [3.8, 4) is 0 Å². The lowest BCUT2D eigenvalue weighted by Gasteiger charge is -2.18. The molecule has 1 N–H and O–H groups in total. The smallest absolute Gasteiger partial charge is 0.271 e. The molecule has 0 saturated carbocycles. The zero-order valence-corrected chi connectivity index (χ0v) is 9.81. The average molecular weight is 249 g/mol. The predicted molar refractivity (Wildman–Crippen MR) is 64.5 cm³/mol. The lowest BCUT2D eigenvalue weighted by atomic mass is 10.1. The van der Waals surface area contributed by atoms with Crippen LogP contribution in [0.15, 0.2) is 29.4 Å². The highest BCUT2D eigenvalue weighted by atomic mass is 19.1. The summed E-state index contributed by atoms with van der Waals surface area (Å²) in [4.78, 5) is 23.0. The van der Waals surface area contributed by atoms with Gasteiger partial charge in [0.05, 0.1) is 5.69 Å². The van der Waals surface area contributed by atoms with Crippen LogP contribution in [0.3, 0.4) is 0 Å². The SMILES string of the molecule is CN1N=C(C(=O)Nc2ccccc2F)CCC1=O. The second-order valence-electron chi connectivity index (χ2n) is 3.90. The van der Waals surface area contributed by atoms with Crippen molar-refractivity contribution in [3.05, 3.63) is 30.1 Å². The molecule has 0 saturated heterocycles. The zero-order chi connectivity index (χ0) is 13.1. The van der Waals surface area contributed by atoms with E-state index in [4.69, 9.17) is 0 Å². The number of nitrogens with one attached hydrogen (secondary N) is 1. The lowest BCUT2D eigenvalue weighted by molar-refractivity contribution is -0.130. The second-order valence-corrected chi connectivity index (χ2v) is 3.90. The van der Waals surface area contributed by atoms with Crippen LogP contribution < -0.4 is 5.32 Å². The number of benzene rings is 1. The van der Waals surface area contributed by atoms with Gasteiger partial charge in [0, 0.05) is 19.9 Å². The predicted octanol–water partition coefficient (Wildman–Crippen LogP) is 1.37. The first-order chi connectivity index (χ1) is 8.58. The molecule has 0 unspecified atom stereocenters. The van der Waals surface area contributed by atoms with Gasteiger partial charge in [0.2, 0.25) is 5.91 Å². The molecule has 5 nitrogen and oxygen atoms in total. The molecule has 1 aromatic rings. The summed E-state index contributed by atoms with van der Waals surface area (Å²) in [7, 11) is 1.48. The molecule has 0 spiro atoms. The third-order valence-electron chi connectivity index (χ3n) is 2.59. The number of nitrogens with zero attached hydrogens (tertiary/aromatic N) is 2. The van der Waals surface area contributed by atoms with Crippen LogP contribution in [-0.2, 0) is 9.59 Å². The van der Waals surface area contributed by atoms with E-state index < -0.39 is 11.7 Å². The van der Waals surface area contributed by atoms with Crippen molar-refractivity contribution in [1.29, 1.82) is 0 Å². The Kier molecular flexibility index (Phi) is 3.36. The Balaban J connectivity index is 2.12. The highest BCUT2D eigenvalue weighted by Gasteiger charge is 2.22. The summed E-state index contributed by atoms with van der Waals surface area (Å²) in [6.45, 7) is 0. The summed E-state index contributed by atoms with van der Waals surface area (Å²) >= 11 is 0. The van der Waals surface area contributed by atoms with Gasteiger partial charge in [-0.3, -0.25) is 9.59 Å². The largest absolute Gasteiger partial charge is 0.318 e. The topological polar surface area (TPSA) is 61.8 Å². The van der Waals surface area contributed by atoms with Crippen LogP contribution >= 0.6 is 0 Å². The van der Waals surface area contributed by atoms with Crippen LogP contribution in [0.25, 0.3) is 0 Å². The molecule has 0 radical (unpaired) electrons. The molecule has 0 fully saturated rings. The van der Waals surface area contributed by atoms with E-state index in [2.05, 4.69) is 10.4 Å². The first-order valence-electron chi connectivity index (χ1n) is 5.48. The third-order valence-corrected chi connectivity index (χ3v) is 2.59. The molecule has 2 rings (SSSR count). The first-order valence-corrected chi connectivity index (χ1v) is 5.48. The summed E-state index contributed by atoms with van der Waals surface area (Å²) in [5.74, 6) is -1.14. The molecule has 0 bridgehead atoms. The number of para-hydroxylation sites is 1. The van der Waals surface area contributed by atoms with E-state index in [0.717, 1.165) is 5.01 Å². The minimum Gasteiger partial charge on any atom is -0.318 e. The van der Waals surface area contributed by atoms with Gasteiger partial charge >= 0.3 is 0 Å². The summed E-state index contributed by atoms with van der Waals surface area (Å²) in [5.41, 5.74) is 0.324. The Morgan fingerprint density at radius 3 is 2.78 bits per heavy atom. The first kappa shape index (κ1) is 12.2. The van der Waals surface area contributed by atoms with Gasteiger partial charge in [-0.05, 0) is 12.1 Å². The van der Waals surface area contributed by atoms with Gasteiger partial charge in [-0.25, -0.2) is 9.40 Å². The number of carbonyl (C=O) groups is 2. The van der Waals surface area contributed by atoms with Crippen molar-refractivity contribution in [2.75, 3.05) is 12.4 Å². The number of amides is 2. The summed E-state index contributed by atoms with van der Waals surface area (Å²) in [6.07, 6.45) is 0.503. The number of hydrogen-bond donors (Lipinski definition) is 1. The standard InChI is InChI=1S/C12H12FN3O2/c1-16-11(17)7-6-10(15-16)12(18)14-9-5-3-2-4-8(9)13/h2-5H,6-7H2,1H3,(H,14,18). The zero-order valence-electron chi connectivity index (χ0n) is 9.81. The van der Waals surface area contributed by atoms with E-state index in [1.165, 1.54) is 25.2 Å². The minimum atomic E-state index is -0.508. The van der Waals surface area contributed by atoms with Crippen molar-refractivity contribution in [2.45, 2.75) is 12.8 Å². The number of carbonyl (C=O) groups excluding carboxylic acids is 2. The number of hydrogen-bond acceptors (Lipinski definition) is 3. The maximum atomic E-state index is 13.3. The van der Waals surface area contributed by atoms with Crippen LogP contribution in [0.2, 0.25) is 0 Å². The molecule has 94 valence electrons. The van der Waals surface area contributed by atoms with Gasteiger partial charge in [-0.15, -0.1) is 0 Å². The van der Waals surface area contributed by atoms with Crippen LogP contribution in [0.5, 0.6) is 0 Å². The second kappa shape index (κ2) is 4.95. The molecule has 1 aliphatic heterocycles. The Morgan fingerprint density at radius 1 is 1.39 bits per heavy atom. The number of halogens is 1. The van der Waals surface area contributed by atoms with Crippen LogP contribution in [0, 0.1) is 5.82 Å². The van der Waals surface area contributed by atoms with Gasteiger partial charge < -0.3 is 5.32 Å². The van der Waals surface area contributed by atoms with Gasteiger partial charge in [-0.1, -0.05) is 12.1 Å². The molecule has 2 amide bonds. The highest BCUT2D eigenvalue weighted by Crippen LogP contribution is 2.14. The van der Waals surface area contributed by atoms with E-state index in [-0.39, 0.29) is 30.1 Å². The number of hydrazone groups is 1. The van der Waals surface area contributed by atoms with Crippen LogP contribution in [-0.4, -0.2) is 29.6 Å². The molecule has 18 heavy (non-hydrogen) atoms. The van der Waals surface area contributed by atoms with E-state index in [9.17, 15) is 14.0 Å². The van der Waals surface area contributed by atoms with Gasteiger partial charge in [-0.2, -0.15) is 5.10 Å². The molecule has 6 heteroatoms. The Hall–Kier alpha value is -2.24. The molecule has 0 aromatic heterocycles. The highest BCUT2D eigenvalue weighted by molar-refractivity contribution is 6.43. The maximum Gasteiger partial charge on any atom is 0.271 e. The summed E-state index contributed by atoms with van der Waals surface area (Å²) < 4.78 is 13.3. The minimum absolute atomic E-state index is 0.102. The molecule has 1 aliphatic rings. The number of anilines is 1. The fourth-order valence-corrected chi connectivity index (χ4v) is 1.59. The summed E-state index contributed by atoms with van der Waals surface area (Å²) in [6, 6.07) is 5.88. The van der Waals surface area contributed by atoms with Crippen molar-refractivity contribution in [2.24, 2.45) is 5.10 Å². The third kappa shape index (κ3) is 2.53. The van der Waals surface area contributed by atoms with Crippen molar-refractivity contribution >= 4 is 23.2 Å². The average Bonchev–Trinajstić information content (AvgIpc) is 2.35. The number of rotatable bonds is 2.